The Kier molecular flexibility index (Phi) is 7.69. The van der Waals surface area contributed by atoms with Crippen LogP contribution >= 0.6 is 0 Å². The van der Waals surface area contributed by atoms with E-state index in [1.54, 1.807) is 0 Å². The van der Waals surface area contributed by atoms with E-state index in [4.69, 9.17) is 10.5 Å². The second-order valence-electron chi connectivity index (χ2n) is 8.42. The molecule has 1 aliphatic heterocycles. The van der Waals surface area contributed by atoms with E-state index in [2.05, 4.69) is 36.3 Å². The van der Waals surface area contributed by atoms with Gasteiger partial charge in [-0.25, -0.2) is 4.99 Å². The van der Waals surface area contributed by atoms with Crippen LogP contribution in [0.25, 0.3) is 0 Å². The van der Waals surface area contributed by atoms with Gasteiger partial charge in [0.05, 0.1) is 18.8 Å². The first-order valence-corrected chi connectivity index (χ1v) is 11.1. The Bertz CT molecular complexity index is 883. The van der Waals surface area contributed by atoms with E-state index in [0.717, 1.165) is 17.7 Å². The van der Waals surface area contributed by atoms with Gasteiger partial charge in [0.15, 0.2) is 5.96 Å². The van der Waals surface area contributed by atoms with Gasteiger partial charge in [0.1, 0.15) is 0 Å². The van der Waals surface area contributed by atoms with Crippen LogP contribution in [-0.4, -0.2) is 42.1 Å². The summed E-state index contributed by atoms with van der Waals surface area (Å²) in [5.41, 5.74) is 9.96. The number of ether oxygens (including phenoxy) is 1. The maximum Gasteiger partial charge on any atom is 0.254 e. The highest BCUT2D eigenvalue weighted by molar-refractivity contribution is 5.94. The van der Waals surface area contributed by atoms with Gasteiger partial charge in [-0.3, -0.25) is 4.79 Å². The van der Waals surface area contributed by atoms with Crippen LogP contribution in [0.1, 0.15) is 61.5 Å². The lowest BCUT2D eigenvalue weighted by molar-refractivity contribution is -0.0586. The molecule has 1 saturated heterocycles. The maximum atomic E-state index is 12.8. The van der Waals surface area contributed by atoms with Crippen LogP contribution in [0.5, 0.6) is 0 Å². The highest BCUT2D eigenvalue weighted by Crippen LogP contribution is 2.20. The number of carbonyl (C=O) groups excluding carboxylic acids is 1. The van der Waals surface area contributed by atoms with Gasteiger partial charge in [-0.2, -0.15) is 0 Å². The summed E-state index contributed by atoms with van der Waals surface area (Å²) in [5, 5.41) is 3.13. The lowest BCUT2D eigenvalue weighted by atomic mass is 9.99. The van der Waals surface area contributed by atoms with Gasteiger partial charge in [-0.05, 0) is 61.6 Å². The molecule has 2 aromatic rings. The first-order valence-electron chi connectivity index (χ1n) is 11.1. The van der Waals surface area contributed by atoms with Gasteiger partial charge in [0.25, 0.3) is 5.91 Å². The summed E-state index contributed by atoms with van der Waals surface area (Å²) >= 11 is 0. The number of amides is 1. The van der Waals surface area contributed by atoms with Crippen LogP contribution in [0.15, 0.2) is 53.5 Å². The van der Waals surface area contributed by atoms with E-state index in [9.17, 15) is 4.79 Å². The number of hydrogen-bond donors (Lipinski definition) is 2. The fraction of sp³-hybridized carbons (Fsp3) is 0.440. The average molecular weight is 423 g/mol. The average Bonchev–Trinajstić information content (AvgIpc) is 2.77. The van der Waals surface area contributed by atoms with Crippen molar-refractivity contribution in [2.45, 2.75) is 58.8 Å². The highest BCUT2D eigenvalue weighted by atomic mass is 16.5. The minimum absolute atomic E-state index is 0.0408. The lowest BCUT2D eigenvalue weighted by Crippen LogP contribution is -2.48. The second kappa shape index (κ2) is 10.4. The molecule has 1 fully saturated rings. The van der Waals surface area contributed by atoms with Crippen molar-refractivity contribution in [3.8, 4) is 0 Å². The van der Waals surface area contributed by atoms with E-state index < -0.39 is 0 Å². The number of morpholine rings is 1. The van der Waals surface area contributed by atoms with E-state index >= 15 is 0 Å². The van der Waals surface area contributed by atoms with Crippen LogP contribution in [0.2, 0.25) is 0 Å². The van der Waals surface area contributed by atoms with Crippen molar-refractivity contribution in [1.29, 1.82) is 0 Å². The molecule has 0 saturated carbocycles. The minimum Gasteiger partial charge on any atom is -0.372 e. The zero-order chi connectivity index (χ0) is 22.4. The molecule has 3 N–H and O–H groups in total. The number of aliphatic imine (C=N–C) groups is 1. The quantitative estimate of drug-likeness (QED) is 0.535. The summed E-state index contributed by atoms with van der Waals surface area (Å²) in [6.07, 6.45) is 1.23. The third-order valence-corrected chi connectivity index (χ3v) is 5.70. The van der Waals surface area contributed by atoms with Gasteiger partial charge >= 0.3 is 0 Å². The fourth-order valence-electron chi connectivity index (χ4n) is 3.77. The summed E-state index contributed by atoms with van der Waals surface area (Å²) < 4.78 is 5.71. The highest BCUT2D eigenvalue weighted by Gasteiger charge is 2.26. The van der Waals surface area contributed by atoms with Crippen LogP contribution in [-0.2, 0) is 11.3 Å². The Morgan fingerprint density at radius 1 is 1.13 bits per heavy atom. The molecule has 0 bridgehead atoms. The summed E-state index contributed by atoms with van der Waals surface area (Å²) in [6.45, 7) is 10.1. The predicted octanol–water partition coefficient (Wildman–Crippen LogP) is 4.38. The topological polar surface area (TPSA) is 79.9 Å². The van der Waals surface area contributed by atoms with Gasteiger partial charge in [0, 0.05) is 24.3 Å². The molecule has 0 aromatic heterocycles. The van der Waals surface area contributed by atoms with E-state index in [0.29, 0.717) is 37.1 Å². The molecule has 3 atom stereocenters. The molecule has 6 heteroatoms. The molecule has 0 spiro atoms. The molecular weight excluding hydrogens is 388 g/mol. The molecular formula is C25H34N4O2. The Morgan fingerprint density at radius 2 is 1.74 bits per heavy atom. The standard InChI is InChI=1S/C25H34N4O2/c1-5-17(2)21-10-12-23(13-11-21)28-25(26)27-14-20-6-8-22(9-7-20)24(30)29-15-18(3)31-19(4)16-29/h6-13,17-19H,5,14-16H2,1-4H3,(H3,26,27,28). The van der Waals surface area contributed by atoms with Gasteiger partial charge in [-0.15, -0.1) is 0 Å². The van der Waals surface area contributed by atoms with Crippen molar-refractivity contribution < 1.29 is 9.53 Å². The molecule has 0 aliphatic carbocycles. The van der Waals surface area contributed by atoms with Crippen molar-refractivity contribution in [3.05, 3.63) is 65.2 Å². The molecule has 3 rings (SSSR count). The molecule has 166 valence electrons. The fourth-order valence-corrected chi connectivity index (χ4v) is 3.77. The number of guanidine groups is 1. The van der Waals surface area contributed by atoms with E-state index in [1.165, 1.54) is 5.56 Å². The number of nitrogens with two attached hydrogens (primary N) is 1. The first kappa shape index (κ1) is 22.8. The van der Waals surface area contributed by atoms with E-state index in [1.807, 2.05) is 55.1 Å². The van der Waals surface area contributed by atoms with Gasteiger partial charge in [-0.1, -0.05) is 38.1 Å². The van der Waals surface area contributed by atoms with Crippen LogP contribution in [0, 0.1) is 0 Å². The largest absolute Gasteiger partial charge is 0.372 e. The van der Waals surface area contributed by atoms with Crippen molar-refractivity contribution >= 4 is 17.6 Å². The predicted molar refractivity (Wildman–Crippen MR) is 126 cm³/mol. The number of nitrogens with one attached hydrogen (secondary N) is 1. The van der Waals surface area contributed by atoms with Gasteiger partial charge < -0.3 is 20.7 Å². The third kappa shape index (κ3) is 6.31. The Morgan fingerprint density at radius 3 is 2.32 bits per heavy atom. The number of anilines is 1. The van der Waals surface area contributed by atoms with Crippen LogP contribution in [0.3, 0.4) is 0 Å². The van der Waals surface area contributed by atoms with Crippen molar-refractivity contribution in [3.63, 3.8) is 0 Å². The SMILES string of the molecule is CCC(C)c1ccc(NC(N)=NCc2ccc(C(=O)N3CC(C)OC(C)C3)cc2)cc1. The number of carbonyl (C=O) groups is 1. The summed E-state index contributed by atoms with van der Waals surface area (Å²) in [7, 11) is 0. The summed E-state index contributed by atoms with van der Waals surface area (Å²) in [5.74, 6) is 0.955. The molecule has 1 heterocycles. The van der Waals surface area contributed by atoms with Crippen molar-refractivity contribution in [2.75, 3.05) is 18.4 Å². The smallest absolute Gasteiger partial charge is 0.254 e. The van der Waals surface area contributed by atoms with Crippen LogP contribution in [0.4, 0.5) is 5.69 Å². The lowest BCUT2D eigenvalue weighted by Gasteiger charge is -2.35. The third-order valence-electron chi connectivity index (χ3n) is 5.70. The summed E-state index contributed by atoms with van der Waals surface area (Å²) in [6, 6.07) is 15.9. The molecule has 1 aliphatic rings. The molecule has 31 heavy (non-hydrogen) atoms. The maximum absolute atomic E-state index is 12.8. The Labute approximate surface area is 185 Å². The Hall–Kier alpha value is -2.86. The molecule has 6 nitrogen and oxygen atoms in total. The monoisotopic (exact) mass is 422 g/mol. The number of rotatable bonds is 6. The molecule has 0 radical (unpaired) electrons. The normalized spacial score (nSPS) is 20.4. The minimum atomic E-state index is 0.0408. The zero-order valence-corrected chi connectivity index (χ0v) is 19.0. The second-order valence-corrected chi connectivity index (χ2v) is 8.42. The van der Waals surface area contributed by atoms with Crippen molar-refractivity contribution in [2.24, 2.45) is 10.7 Å². The Balaban J connectivity index is 1.55. The molecule has 3 unspecified atom stereocenters. The number of benzene rings is 2. The number of hydrogen-bond acceptors (Lipinski definition) is 3. The zero-order valence-electron chi connectivity index (χ0n) is 19.0. The molecule has 1 amide bonds. The van der Waals surface area contributed by atoms with Crippen molar-refractivity contribution in [1.82, 2.24) is 4.90 Å². The van der Waals surface area contributed by atoms with E-state index in [-0.39, 0.29) is 18.1 Å². The van der Waals surface area contributed by atoms with Gasteiger partial charge in [0.2, 0.25) is 0 Å². The summed E-state index contributed by atoms with van der Waals surface area (Å²) in [4.78, 5) is 19.1. The first-order chi connectivity index (χ1) is 14.9. The molecule has 2 aromatic carbocycles. The number of nitrogens with zero attached hydrogens (tertiary/aromatic N) is 2. The van der Waals surface area contributed by atoms with Crippen LogP contribution < -0.4 is 11.1 Å².